The maximum absolute atomic E-state index is 12.1. The van der Waals surface area contributed by atoms with E-state index in [0.717, 1.165) is 15.4 Å². The highest BCUT2D eigenvalue weighted by atomic mass is 79.9. The number of amides is 1. The van der Waals surface area contributed by atoms with Crippen molar-refractivity contribution in [3.8, 4) is 0 Å². The van der Waals surface area contributed by atoms with Gasteiger partial charge in [0.2, 0.25) is 0 Å². The summed E-state index contributed by atoms with van der Waals surface area (Å²) in [5.41, 5.74) is 1.70. The summed E-state index contributed by atoms with van der Waals surface area (Å²) in [4.78, 5) is 16.5. The molecule has 3 rings (SSSR count). The molecule has 0 aliphatic rings. The van der Waals surface area contributed by atoms with Gasteiger partial charge < -0.3 is 5.32 Å². The first kappa shape index (κ1) is 12.7. The summed E-state index contributed by atoms with van der Waals surface area (Å²) in [6.07, 6.45) is 3.00. The third kappa shape index (κ3) is 2.65. The number of hydrogen-bond acceptors (Lipinski definition) is 4. The smallest absolute Gasteiger partial charge is 0.274 e. The number of benzene rings is 1. The first-order valence-electron chi connectivity index (χ1n) is 5.87. The number of rotatable bonds is 2. The molecule has 98 valence electrons. The Morgan fingerprint density at radius 2 is 1.95 bits per heavy atom. The van der Waals surface area contributed by atoms with Crippen LogP contribution in [0.15, 0.2) is 53.3 Å². The van der Waals surface area contributed by atoms with Gasteiger partial charge in [0.05, 0.1) is 23.6 Å². The van der Waals surface area contributed by atoms with Crippen LogP contribution in [0.2, 0.25) is 0 Å². The Kier molecular flexibility index (Phi) is 3.39. The summed E-state index contributed by atoms with van der Waals surface area (Å²) >= 11 is 3.39. The van der Waals surface area contributed by atoms with Crippen molar-refractivity contribution in [2.75, 3.05) is 5.32 Å². The molecule has 0 radical (unpaired) electrons. The molecule has 0 aliphatic heterocycles. The second-order valence-electron chi connectivity index (χ2n) is 4.12. The zero-order valence-corrected chi connectivity index (χ0v) is 11.8. The molecule has 1 amide bonds. The lowest BCUT2D eigenvalue weighted by molar-refractivity contribution is 0.102. The minimum atomic E-state index is -0.278. The first-order chi connectivity index (χ1) is 9.72. The lowest BCUT2D eigenvalue weighted by Crippen LogP contribution is -2.13. The first-order valence-corrected chi connectivity index (χ1v) is 6.66. The van der Waals surface area contributed by atoms with Crippen LogP contribution in [0.5, 0.6) is 0 Å². The van der Waals surface area contributed by atoms with Crippen molar-refractivity contribution in [1.29, 1.82) is 0 Å². The van der Waals surface area contributed by atoms with E-state index in [2.05, 4.69) is 36.4 Å². The van der Waals surface area contributed by atoms with Gasteiger partial charge in [0.25, 0.3) is 5.91 Å². The number of pyridine rings is 1. The van der Waals surface area contributed by atoms with Crippen molar-refractivity contribution in [3.63, 3.8) is 0 Å². The van der Waals surface area contributed by atoms with Crippen LogP contribution in [0.3, 0.4) is 0 Å². The number of fused-ring (bicyclic) bond motifs is 1. The summed E-state index contributed by atoms with van der Waals surface area (Å²) in [6, 6.07) is 11.0. The maximum atomic E-state index is 12.1. The third-order valence-corrected chi connectivity index (χ3v) is 3.22. The largest absolute Gasteiger partial charge is 0.319 e. The molecule has 6 heteroatoms. The highest BCUT2D eigenvalue weighted by Gasteiger charge is 2.09. The number of nitrogens with one attached hydrogen (secondary N) is 1. The van der Waals surface area contributed by atoms with Crippen LogP contribution < -0.4 is 5.32 Å². The molecular formula is C14H9BrN4O. The second kappa shape index (κ2) is 5.34. The van der Waals surface area contributed by atoms with E-state index in [9.17, 15) is 4.79 Å². The molecule has 5 nitrogen and oxygen atoms in total. The Hall–Kier alpha value is -2.34. The zero-order valence-electron chi connectivity index (χ0n) is 10.2. The van der Waals surface area contributed by atoms with Gasteiger partial charge in [-0.2, -0.15) is 10.2 Å². The van der Waals surface area contributed by atoms with Crippen molar-refractivity contribution in [1.82, 2.24) is 15.2 Å². The highest BCUT2D eigenvalue weighted by molar-refractivity contribution is 9.10. The summed E-state index contributed by atoms with van der Waals surface area (Å²) in [5, 5.41) is 11.1. The summed E-state index contributed by atoms with van der Waals surface area (Å²) < 4.78 is 0.924. The maximum Gasteiger partial charge on any atom is 0.274 e. The summed E-state index contributed by atoms with van der Waals surface area (Å²) in [6.45, 7) is 0. The molecule has 0 saturated heterocycles. The molecular weight excluding hydrogens is 320 g/mol. The fourth-order valence-electron chi connectivity index (χ4n) is 1.78. The van der Waals surface area contributed by atoms with Crippen molar-refractivity contribution < 1.29 is 4.79 Å². The molecule has 2 heterocycles. The van der Waals surface area contributed by atoms with E-state index in [1.807, 2.05) is 24.3 Å². The number of anilines is 1. The van der Waals surface area contributed by atoms with Crippen LogP contribution in [-0.2, 0) is 0 Å². The number of halogens is 1. The standard InChI is InChI=1S/C14H9BrN4O/c15-10-3-1-9-2-4-12(19-13(9)7-10)14(20)18-11-5-6-16-17-8-11/h1-8H,(H,16,18,20). The average Bonchev–Trinajstić information content (AvgIpc) is 2.47. The minimum Gasteiger partial charge on any atom is -0.319 e. The van der Waals surface area contributed by atoms with Gasteiger partial charge in [-0.15, -0.1) is 0 Å². The van der Waals surface area contributed by atoms with Gasteiger partial charge >= 0.3 is 0 Å². The lowest BCUT2D eigenvalue weighted by Gasteiger charge is -2.05. The molecule has 2 aromatic heterocycles. The molecule has 0 unspecified atom stereocenters. The monoisotopic (exact) mass is 328 g/mol. The molecule has 3 aromatic rings. The molecule has 0 bridgehead atoms. The number of carbonyl (C=O) groups is 1. The summed E-state index contributed by atoms with van der Waals surface area (Å²) in [5.74, 6) is -0.278. The Bertz CT molecular complexity index is 776. The Morgan fingerprint density at radius 1 is 1.10 bits per heavy atom. The minimum absolute atomic E-state index is 0.278. The third-order valence-electron chi connectivity index (χ3n) is 2.73. The molecule has 0 spiro atoms. The van der Waals surface area contributed by atoms with Gasteiger partial charge in [-0.1, -0.05) is 28.1 Å². The van der Waals surface area contributed by atoms with Crippen molar-refractivity contribution >= 4 is 38.4 Å². The van der Waals surface area contributed by atoms with Crippen LogP contribution in [0.1, 0.15) is 10.5 Å². The lowest BCUT2D eigenvalue weighted by atomic mass is 10.2. The summed E-state index contributed by atoms with van der Waals surface area (Å²) in [7, 11) is 0. The quantitative estimate of drug-likeness (QED) is 0.785. The predicted molar refractivity (Wildman–Crippen MR) is 79.4 cm³/mol. The predicted octanol–water partition coefficient (Wildman–Crippen LogP) is 3.04. The number of aromatic nitrogens is 3. The molecule has 0 fully saturated rings. The van der Waals surface area contributed by atoms with Crippen molar-refractivity contribution in [2.24, 2.45) is 0 Å². The van der Waals surface area contributed by atoms with Crippen molar-refractivity contribution in [2.45, 2.75) is 0 Å². The molecule has 1 N–H and O–H groups in total. The van der Waals surface area contributed by atoms with E-state index >= 15 is 0 Å². The fourth-order valence-corrected chi connectivity index (χ4v) is 2.13. The number of carbonyl (C=O) groups excluding carboxylic acids is 1. The van der Waals surface area contributed by atoms with E-state index in [1.54, 1.807) is 12.1 Å². The van der Waals surface area contributed by atoms with Gasteiger partial charge in [0, 0.05) is 9.86 Å². The molecule has 20 heavy (non-hydrogen) atoms. The number of nitrogens with zero attached hydrogens (tertiary/aromatic N) is 3. The Balaban J connectivity index is 1.91. The van der Waals surface area contributed by atoms with E-state index in [4.69, 9.17) is 0 Å². The molecule has 0 aliphatic carbocycles. The Labute approximate surface area is 123 Å². The van der Waals surface area contributed by atoms with Gasteiger partial charge in [0.1, 0.15) is 5.69 Å². The van der Waals surface area contributed by atoms with Crippen LogP contribution in [0, 0.1) is 0 Å². The van der Waals surface area contributed by atoms with Crippen LogP contribution in [0.4, 0.5) is 5.69 Å². The van der Waals surface area contributed by atoms with Crippen LogP contribution in [-0.4, -0.2) is 21.1 Å². The highest BCUT2D eigenvalue weighted by Crippen LogP contribution is 2.18. The second-order valence-corrected chi connectivity index (χ2v) is 5.03. The van der Waals surface area contributed by atoms with Gasteiger partial charge in [-0.25, -0.2) is 4.98 Å². The number of hydrogen-bond donors (Lipinski definition) is 1. The van der Waals surface area contributed by atoms with Gasteiger partial charge in [-0.3, -0.25) is 4.79 Å². The van der Waals surface area contributed by atoms with Crippen molar-refractivity contribution in [3.05, 3.63) is 59.0 Å². The zero-order chi connectivity index (χ0) is 13.9. The van der Waals surface area contributed by atoms with E-state index in [-0.39, 0.29) is 5.91 Å². The SMILES string of the molecule is O=C(Nc1ccnnc1)c1ccc2ccc(Br)cc2n1. The van der Waals surface area contributed by atoms with E-state index < -0.39 is 0 Å². The average molecular weight is 329 g/mol. The topological polar surface area (TPSA) is 67.8 Å². The van der Waals surface area contributed by atoms with Gasteiger partial charge in [-0.05, 0) is 24.3 Å². The fraction of sp³-hybridized carbons (Fsp3) is 0. The molecule has 1 aromatic carbocycles. The van der Waals surface area contributed by atoms with Crippen LogP contribution >= 0.6 is 15.9 Å². The van der Waals surface area contributed by atoms with Gasteiger partial charge in [0.15, 0.2) is 0 Å². The Morgan fingerprint density at radius 3 is 2.75 bits per heavy atom. The van der Waals surface area contributed by atoms with E-state index in [0.29, 0.717) is 11.4 Å². The van der Waals surface area contributed by atoms with E-state index in [1.165, 1.54) is 12.4 Å². The molecule has 0 atom stereocenters. The van der Waals surface area contributed by atoms with Crippen LogP contribution in [0.25, 0.3) is 10.9 Å². The normalized spacial score (nSPS) is 10.4. The molecule has 0 saturated carbocycles.